The fourth-order valence-electron chi connectivity index (χ4n) is 3.72. The first-order chi connectivity index (χ1) is 16.2. The first kappa shape index (κ1) is 23.8. The number of hydrogen-bond acceptors (Lipinski definition) is 7. The van der Waals surface area contributed by atoms with Crippen LogP contribution in [-0.2, 0) is 41.9 Å². The third-order valence-corrected chi connectivity index (χ3v) is 7.67. The average molecular weight is 506 g/mol. The van der Waals surface area contributed by atoms with E-state index in [4.69, 9.17) is 0 Å². The van der Waals surface area contributed by atoms with Crippen molar-refractivity contribution in [1.29, 1.82) is 0 Å². The van der Waals surface area contributed by atoms with Crippen LogP contribution < -0.4 is 9.70 Å². The van der Waals surface area contributed by atoms with Gasteiger partial charge >= 0.3 is 5.97 Å². The molecule has 12 heteroatoms. The highest BCUT2D eigenvalue weighted by Crippen LogP contribution is 2.27. The minimum absolute atomic E-state index is 0.0194. The van der Waals surface area contributed by atoms with E-state index < -0.39 is 44.9 Å². The number of ether oxygens (including phenoxy) is 1. The summed E-state index contributed by atoms with van der Waals surface area (Å²) in [5, 5.41) is 0. The fourth-order valence-corrected chi connectivity index (χ4v) is 5.87. The van der Waals surface area contributed by atoms with Crippen molar-refractivity contribution in [3.05, 3.63) is 58.6 Å². The predicted octanol–water partition coefficient (Wildman–Crippen LogP) is 1.45. The van der Waals surface area contributed by atoms with Gasteiger partial charge in [0, 0.05) is 12.2 Å². The number of hydrogen-bond donors (Lipinski definition) is 0. The summed E-state index contributed by atoms with van der Waals surface area (Å²) in [4.78, 5) is 42.2. The molecule has 3 aromatic rings. The van der Waals surface area contributed by atoms with Gasteiger partial charge in [0.1, 0.15) is 23.9 Å². The zero-order valence-corrected chi connectivity index (χ0v) is 19.7. The number of halogens is 1. The van der Waals surface area contributed by atoms with Crippen LogP contribution in [0.5, 0.6) is 0 Å². The molecule has 0 aliphatic carbocycles. The van der Waals surface area contributed by atoms with Gasteiger partial charge in [-0.15, -0.1) is 0 Å². The maximum atomic E-state index is 13.6. The van der Waals surface area contributed by atoms with Gasteiger partial charge in [0.15, 0.2) is 14.6 Å². The number of carbonyl (C=O) groups is 3. The minimum Gasteiger partial charge on any atom is -0.468 e. The summed E-state index contributed by atoms with van der Waals surface area (Å²) in [6, 6.07) is 11.1. The average Bonchev–Trinajstić information content (AvgIpc) is 3.34. The predicted molar refractivity (Wildman–Crippen MR) is 124 cm³/mol. The lowest BCUT2D eigenvalue weighted by atomic mass is 10.2. The molecule has 0 N–H and O–H groups in total. The maximum Gasteiger partial charge on any atom is 0.325 e. The highest BCUT2D eigenvalue weighted by Gasteiger charge is 2.29. The Hall–Kier alpha value is -3.38. The third-order valence-electron chi connectivity index (χ3n) is 5.26. The Morgan fingerprint density at radius 2 is 1.91 bits per heavy atom. The minimum atomic E-state index is -4.11. The van der Waals surface area contributed by atoms with Crippen LogP contribution in [0.25, 0.3) is 10.2 Å². The number of amides is 2. The van der Waals surface area contributed by atoms with Crippen LogP contribution in [0.15, 0.2) is 47.5 Å². The molecule has 1 aromatic heterocycles. The largest absolute Gasteiger partial charge is 0.468 e. The van der Waals surface area contributed by atoms with Gasteiger partial charge in [0.25, 0.3) is 5.91 Å². The molecule has 2 heterocycles. The fraction of sp³-hybridized carbons (Fsp3) is 0.273. The van der Waals surface area contributed by atoms with Gasteiger partial charge in [0.2, 0.25) is 5.91 Å². The molecule has 4 rings (SSSR count). The van der Waals surface area contributed by atoms with Gasteiger partial charge in [-0.25, -0.2) is 12.8 Å². The van der Waals surface area contributed by atoms with Crippen molar-refractivity contribution in [1.82, 2.24) is 4.57 Å². The van der Waals surface area contributed by atoms with Crippen LogP contribution in [0.2, 0.25) is 0 Å². The van der Waals surface area contributed by atoms with Crippen molar-refractivity contribution in [2.45, 2.75) is 13.0 Å². The number of esters is 1. The van der Waals surface area contributed by atoms with E-state index in [-0.39, 0.29) is 11.3 Å². The van der Waals surface area contributed by atoms with Crippen LogP contribution in [0.4, 0.5) is 10.1 Å². The molecule has 1 aliphatic heterocycles. The highest BCUT2D eigenvalue weighted by molar-refractivity contribution is 7.92. The van der Waals surface area contributed by atoms with Crippen LogP contribution in [0.1, 0.15) is 5.56 Å². The SMILES string of the molecule is COC(=O)Cn1c(=NC(=O)CS(=O)(=O)CC(=O)N2CCc3ccccc32)sc2cc(F)ccc21. The molecule has 0 radical (unpaired) electrons. The molecule has 2 amide bonds. The zero-order chi connectivity index (χ0) is 24.5. The molecule has 0 spiro atoms. The number of anilines is 1. The molecule has 0 saturated carbocycles. The molecule has 0 saturated heterocycles. The van der Waals surface area contributed by atoms with Gasteiger partial charge in [-0.1, -0.05) is 29.5 Å². The summed E-state index contributed by atoms with van der Waals surface area (Å²) < 4.78 is 45.2. The number of carbonyl (C=O) groups excluding carboxylic acids is 3. The molecular formula is C22H20FN3O6S2. The Balaban J connectivity index is 1.55. The number of para-hydroxylation sites is 1. The summed E-state index contributed by atoms with van der Waals surface area (Å²) in [5.41, 5.74) is 2.06. The molecule has 178 valence electrons. The lowest BCUT2D eigenvalue weighted by Crippen LogP contribution is -2.36. The number of aromatic nitrogens is 1. The highest BCUT2D eigenvalue weighted by atomic mass is 32.2. The van der Waals surface area contributed by atoms with Crippen LogP contribution >= 0.6 is 11.3 Å². The van der Waals surface area contributed by atoms with E-state index >= 15 is 0 Å². The summed E-state index contributed by atoms with van der Waals surface area (Å²) in [7, 11) is -2.91. The van der Waals surface area contributed by atoms with Crippen LogP contribution in [0, 0.1) is 5.82 Å². The second kappa shape index (κ2) is 9.47. The van der Waals surface area contributed by atoms with Gasteiger partial charge in [0.05, 0.1) is 17.3 Å². The lowest BCUT2D eigenvalue weighted by molar-refractivity contribution is -0.141. The van der Waals surface area contributed by atoms with E-state index in [0.29, 0.717) is 28.9 Å². The smallest absolute Gasteiger partial charge is 0.325 e. The number of methoxy groups -OCH3 is 1. The number of rotatable bonds is 6. The molecule has 0 atom stereocenters. The van der Waals surface area contributed by atoms with Crippen LogP contribution in [0.3, 0.4) is 0 Å². The molecule has 34 heavy (non-hydrogen) atoms. The van der Waals surface area contributed by atoms with E-state index in [1.165, 1.54) is 34.8 Å². The van der Waals surface area contributed by atoms with Crippen LogP contribution in [-0.4, -0.2) is 55.9 Å². The monoisotopic (exact) mass is 505 g/mol. The standard InChI is InChI=1S/C22H20FN3O6S2/c1-32-21(29)11-26-17-7-6-15(23)10-18(17)33-22(26)24-19(27)12-34(30,31)13-20(28)25-9-8-14-4-2-3-5-16(14)25/h2-7,10H,8-9,11-13H2,1H3. The molecule has 0 bridgehead atoms. The molecule has 0 fully saturated rings. The first-order valence-electron chi connectivity index (χ1n) is 10.2. The molecule has 9 nitrogen and oxygen atoms in total. The van der Waals surface area contributed by atoms with Gasteiger partial charge in [-0.3, -0.25) is 14.4 Å². The van der Waals surface area contributed by atoms with Gasteiger partial charge in [-0.05, 0) is 36.2 Å². The molecule has 0 unspecified atom stereocenters. The number of sulfone groups is 1. The van der Waals surface area contributed by atoms with Gasteiger partial charge in [-0.2, -0.15) is 4.99 Å². The summed E-state index contributed by atoms with van der Waals surface area (Å²) >= 11 is 0.929. The quantitative estimate of drug-likeness (QED) is 0.469. The number of fused-ring (bicyclic) bond motifs is 2. The second-order valence-electron chi connectivity index (χ2n) is 7.62. The number of benzene rings is 2. The summed E-state index contributed by atoms with van der Waals surface area (Å²) in [6.07, 6.45) is 0.628. The Morgan fingerprint density at radius 3 is 2.68 bits per heavy atom. The van der Waals surface area contributed by atoms with Gasteiger partial charge < -0.3 is 14.2 Å². The van der Waals surface area contributed by atoms with Crippen molar-refractivity contribution < 1.29 is 31.9 Å². The normalized spacial score (nSPS) is 13.8. The van der Waals surface area contributed by atoms with Crippen molar-refractivity contribution in [3.63, 3.8) is 0 Å². The number of thiazole rings is 1. The van der Waals surface area contributed by atoms with E-state index in [1.807, 2.05) is 12.1 Å². The van der Waals surface area contributed by atoms with E-state index in [9.17, 15) is 27.2 Å². The van der Waals surface area contributed by atoms with E-state index in [1.54, 1.807) is 12.1 Å². The van der Waals surface area contributed by atoms with E-state index in [0.717, 1.165) is 16.9 Å². The summed E-state index contributed by atoms with van der Waals surface area (Å²) in [5.74, 6) is -4.56. The van der Waals surface area contributed by atoms with Crippen molar-refractivity contribution in [2.24, 2.45) is 4.99 Å². The van der Waals surface area contributed by atoms with Crippen molar-refractivity contribution in [2.75, 3.05) is 30.1 Å². The number of nitrogens with zero attached hydrogens (tertiary/aromatic N) is 3. The Morgan fingerprint density at radius 1 is 1.15 bits per heavy atom. The van der Waals surface area contributed by atoms with E-state index in [2.05, 4.69) is 9.73 Å². The maximum absolute atomic E-state index is 13.6. The summed E-state index contributed by atoms with van der Waals surface area (Å²) in [6.45, 7) is 0.0751. The Kier molecular flexibility index (Phi) is 6.62. The Labute approximate surface area is 198 Å². The van der Waals surface area contributed by atoms with Crippen molar-refractivity contribution in [3.8, 4) is 0 Å². The molecule has 1 aliphatic rings. The zero-order valence-electron chi connectivity index (χ0n) is 18.1. The van der Waals surface area contributed by atoms with Crippen molar-refractivity contribution >= 4 is 54.9 Å². The molecular weight excluding hydrogens is 485 g/mol. The first-order valence-corrected chi connectivity index (χ1v) is 12.8. The second-order valence-corrected chi connectivity index (χ2v) is 10.7. The lowest BCUT2D eigenvalue weighted by Gasteiger charge is -2.17. The topological polar surface area (TPSA) is 115 Å². The third kappa shape index (κ3) is 5.07. The Bertz CT molecular complexity index is 1480. The molecule has 2 aromatic carbocycles.